The van der Waals surface area contributed by atoms with Crippen molar-refractivity contribution in [1.29, 1.82) is 0 Å². The van der Waals surface area contributed by atoms with Gasteiger partial charge in [-0.1, -0.05) is 24.3 Å². The zero-order valence-electron chi connectivity index (χ0n) is 16.6. The Bertz CT molecular complexity index is 1370. The summed E-state index contributed by atoms with van der Waals surface area (Å²) in [4.78, 5) is 25.0. The molecule has 3 heterocycles. The Morgan fingerprint density at radius 2 is 2.00 bits per heavy atom. The van der Waals surface area contributed by atoms with Crippen LogP contribution < -0.4 is 10.1 Å². The fourth-order valence-corrected chi connectivity index (χ4v) is 4.57. The van der Waals surface area contributed by atoms with Gasteiger partial charge >= 0.3 is 0 Å². The molecule has 0 aliphatic rings. The Hall–Kier alpha value is -3.49. The molecule has 8 heteroatoms. The van der Waals surface area contributed by atoms with Gasteiger partial charge in [-0.05, 0) is 31.2 Å². The highest BCUT2D eigenvalue weighted by Gasteiger charge is 2.13. The number of fused-ring (bicyclic) bond motifs is 1. The zero-order chi connectivity index (χ0) is 21.2. The summed E-state index contributed by atoms with van der Waals surface area (Å²) in [6, 6.07) is 15.2. The number of H-pyrrole nitrogens is 1. The van der Waals surface area contributed by atoms with E-state index in [-0.39, 0.29) is 5.91 Å². The van der Waals surface area contributed by atoms with Crippen LogP contribution in [0, 0.1) is 6.92 Å². The summed E-state index contributed by atoms with van der Waals surface area (Å²) in [5, 5.41) is 9.46. The SMILES string of the molecule is Cc1nc(COc2cccc(C(=O)Nc3nc(-c4c[nH]c5ccccc45)cs3)c2)cs1. The van der Waals surface area contributed by atoms with E-state index in [0.717, 1.165) is 32.9 Å². The number of hydrogen-bond donors (Lipinski definition) is 2. The first-order chi connectivity index (χ1) is 15.2. The summed E-state index contributed by atoms with van der Waals surface area (Å²) in [6.07, 6.45) is 1.94. The number of nitrogens with one attached hydrogen (secondary N) is 2. The average molecular weight is 447 g/mol. The van der Waals surface area contributed by atoms with Gasteiger partial charge in [-0.15, -0.1) is 22.7 Å². The number of hydrogen-bond acceptors (Lipinski definition) is 6. The van der Waals surface area contributed by atoms with E-state index in [1.165, 1.54) is 11.3 Å². The van der Waals surface area contributed by atoms with Gasteiger partial charge in [0.2, 0.25) is 0 Å². The molecule has 0 saturated heterocycles. The second-order valence-corrected chi connectivity index (χ2v) is 8.83. The molecule has 3 aromatic heterocycles. The van der Waals surface area contributed by atoms with Crippen molar-refractivity contribution in [1.82, 2.24) is 15.0 Å². The molecule has 0 spiro atoms. The van der Waals surface area contributed by atoms with E-state index < -0.39 is 0 Å². The number of anilines is 1. The minimum atomic E-state index is -0.227. The molecule has 2 aromatic carbocycles. The van der Waals surface area contributed by atoms with Crippen molar-refractivity contribution in [2.75, 3.05) is 5.32 Å². The summed E-state index contributed by atoms with van der Waals surface area (Å²) in [5.74, 6) is 0.395. The maximum Gasteiger partial charge on any atom is 0.257 e. The molecule has 0 fully saturated rings. The lowest BCUT2D eigenvalue weighted by molar-refractivity contribution is 0.102. The van der Waals surface area contributed by atoms with E-state index in [4.69, 9.17) is 4.74 Å². The summed E-state index contributed by atoms with van der Waals surface area (Å²) in [7, 11) is 0. The molecule has 1 amide bonds. The van der Waals surface area contributed by atoms with E-state index in [1.54, 1.807) is 29.5 Å². The fraction of sp³-hybridized carbons (Fsp3) is 0.0870. The third-order valence-electron chi connectivity index (χ3n) is 4.74. The predicted molar refractivity (Wildman–Crippen MR) is 125 cm³/mol. The van der Waals surface area contributed by atoms with Gasteiger partial charge in [0.15, 0.2) is 5.13 Å². The quantitative estimate of drug-likeness (QED) is 0.341. The van der Waals surface area contributed by atoms with Crippen LogP contribution in [0.3, 0.4) is 0 Å². The maximum atomic E-state index is 12.7. The Morgan fingerprint density at radius 1 is 1.10 bits per heavy atom. The van der Waals surface area contributed by atoms with Crippen LogP contribution in [0.25, 0.3) is 22.2 Å². The molecular formula is C23H18N4O2S2. The second-order valence-electron chi connectivity index (χ2n) is 6.91. The Kier molecular flexibility index (Phi) is 5.23. The lowest BCUT2D eigenvalue weighted by atomic mass is 10.1. The number of rotatable bonds is 6. The van der Waals surface area contributed by atoms with Crippen LogP contribution in [-0.2, 0) is 6.61 Å². The van der Waals surface area contributed by atoms with Gasteiger partial charge in [0, 0.05) is 39.0 Å². The molecule has 0 atom stereocenters. The molecule has 2 N–H and O–H groups in total. The fourth-order valence-electron chi connectivity index (χ4n) is 3.27. The van der Waals surface area contributed by atoms with Crippen molar-refractivity contribution in [3.63, 3.8) is 0 Å². The van der Waals surface area contributed by atoms with Crippen LogP contribution in [0.1, 0.15) is 21.1 Å². The number of ether oxygens (including phenoxy) is 1. The molecule has 31 heavy (non-hydrogen) atoms. The van der Waals surface area contributed by atoms with Crippen molar-refractivity contribution in [3.05, 3.63) is 81.8 Å². The predicted octanol–water partition coefficient (Wildman–Crippen LogP) is 5.89. The Balaban J connectivity index is 1.28. The first kappa shape index (κ1) is 19.5. The highest BCUT2D eigenvalue weighted by atomic mass is 32.1. The van der Waals surface area contributed by atoms with Crippen molar-refractivity contribution in [2.45, 2.75) is 13.5 Å². The molecule has 0 saturated carbocycles. The number of aromatic amines is 1. The summed E-state index contributed by atoms with van der Waals surface area (Å²) in [6.45, 7) is 2.33. The average Bonchev–Trinajstić information content (AvgIpc) is 3.52. The van der Waals surface area contributed by atoms with E-state index in [0.29, 0.717) is 23.1 Å². The van der Waals surface area contributed by atoms with Gasteiger partial charge < -0.3 is 9.72 Å². The molecular weight excluding hydrogens is 428 g/mol. The topological polar surface area (TPSA) is 79.9 Å². The largest absolute Gasteiger partial charge is 0.487 e. The van der Waals surface area contributed by atoms with Gasteiger partial charge in [0.25, 0.3) is 5.91 Å². The smallest absolute Gasteiger partial charge is 0.257 e. The number of aryl methyl sites for hydroxylation is 1. The first-order valence-corrected chi connectivity index (χ1v) is 11.4. The van der Waals surface area contributed by atoms with Crippen molar-refractivity contribution < 1.29 is 9.53 Å². The first-order valence-electron chi connectivity index (χ1n) is 9.63. The van der Waals surface area contributed by atoms with Gasteiger partial charge in [0.05, 0.1) is 16.4 Å². The molecule has 5 aromatic rings. The normalized spacial score (nSPS) is 11.0. The number of nitrogens with zero attached hydrogens (tertiary/aromatic N) is 2. The van der Waals surface area contributed by atoms with E-state index in [9.17, 15) is 4.79 Å². The highest BCUT2D eigenvalue weighted by molar-refractivity contribution is 7.14. The standard InChI is InChI=1S/C23H18N4O2S2/c1-14-25-16(12-30-14)11-29-17-6-4-5-15(9-17)22(28)27-23-26-21(13-31-23)19-10-24-20-8-3-2-7-18(19)20/h2-10,12-13,24H,11H2,1H3,(H,26,27,28). The molecule has 6 nitrogen and oxygen atoms in total. The molecule has 154 valence electrons. The number of carbonyl (C=O) groups excluding carboxylic acids is 1. The van der Waals surface area contributed by atoms with Gasteiger partial charge in [0.1, 0.15) is 12.4 Å². The third kappa shape index (κ3) is 4.21. The minimum Gasteiger partial charge on any atom is -0.487 e. The highest BCUT2D eigenvalue weighted by Crippen LogP contribution is 2.31. The molecule has 0 aliphatic heterocycles. The third-order valence-corrected chi connectivity index (χ3v) is 6.32. The van der Waals surface area contributed by atoms with Crippen LogP contribution in [0.2, 0.25) is 0 Å². The van der Waals surface area contributed by atoms with Crippen LogP contribution in [-0.4, -0.2) is 20.9 Å². The van der Waals surface area contributed by atoms with Crippen LogP contribution in [0.4, 0.5) is 5.13 Å². The van der Waals surface area contributed by atoms with E-state index in [1.807, 2.05) is 48.1 Å². The van der Waals surface area contributed by atoms with Crippen LogP contribution in [0.15, 0.2) is 65.5 Å². The number of amides is 1. The van der Waals surface area contributed by atoms with E-state index in [2.05, 4.69) is 26.3 Å². The van der Waals surface area contributed by atoms with Crippen molar-refractivity contribution in [2.24, 2.45) is 0 Å². The monoisotopic (exact) mass is 446 g/mol. The van der Waals surface area contributed by atoms with E-state index >= 15 is 0 Å². The number of aromatic nitrogens is 3. The minimum absolute atomic E-state index is 0.227. The maximum absolute atomic E-state index is 12.7. The summed E-state index contributed by atoms with van der Waals surface area (Å²) >= 11 is 2.99. The van der Waals surface area contributed by atoms with Gasteiger partial charge in [-0.2, -0.15) is 0 Å². The van der Waals surface area contributed by atoms with Crippen LogP contribution >= 0.6 is 22.7 Å². The number of para-hydroxylation sites is 1. The summed E-state index contributed by atoms with van der Waals surface area (Å²) in [5.41, 5.74) is 4.29. The zero-order valence-corrected chi connectivity index (χ0v) is 18.2. The molecule has 0 radical (unpaired) electrons. The van der Waals surface area contributed by atoms with Crippen molar-refractivity contribution in [3.8, 4) is 17.0 Å². The molecule has 0 bridgehead atoms. The molecule has 5 rings (SSSR count). The number of benzene rings is 2. The lowest BCUT2D eigenvalue weighted by Gasteiger charge is -2.07. The van der Waals surface area contributed by atoms with Gasteiger partial charge in [-0.3, -0.25) is 10.1 Å². The molecule has 0 unspecified atom stereocenters. The lowest BCUT2D eigenvalue weighted by Crippen LogP contribution is -2.11. The Labute approximate surface area is 186 Å². The number of thiazole rings is 2. The van der Waals surface area contributed by atoms with Crippen molar-refractivity contribution >= 4 is 44.6 Å². The Morgan fingerprint density at radius 3 is 2.87 bits per heavy atom. The van der Waals surface area contributed by atoms with Gasteiger partial charge in [-0.25, -0.2) is 9.97 Å². The molecule has 0 aliphatic carbocycles. The second kappa shape index (κ2) is 8.33. The number of carbonyl (C=O) groups is 1. The van der Waals surface area contributed by atoms with Crippen LogP contribution in [0.5, 0.6) is 5.75 Å². The summed E-state index contributed by atoms with van der Waals surface area (Å²) < 4.78 is 5.79.